The zero-order chi connectivity index (χ0) is 22.3. The third-order valence-electron chi connectivity index (χ3n) is 3.87. The molecular weight excluding hydrogens is 414 g/mol. The third-order valence-corrected chi connectivity index (χ3v) is 4.15. The second kappa shape index (κ2) is 10.1. The molecule has 0 aliphatic heterocycles. The van der Waals surface area contributed by atoms with Crippen molar-refractivity contribution in [1.29, 1.82) is 5.26 Å². The second-order valence-electron chi connectivity index (χ2n) is 5.73. The minimum Gasteiger partial charge on any atom is -0.496 e. The maximum absolute atomic E-state index is 12.5. The van der Waals surface area contributed by atoms with Gasteiger partial charge in [-0.15, -0.1) is 0 Å². The zero-order valence-corrected chi connectivity index (χ0v) is 17.1. The smallest absolute Gasteiger partial charge is 0.296 e. The lowest BCUT2D eigenvalue weighted by molar-refractivity contribution is -0.384. The summed E-state index contributed by atoms with van der Waals surface area (Å²) < 4.78 is 15.6. The average molecular weight is 432 g/mol. The third kappa shape index (κ3) is 5.18. The molecule has 0 unspecified atom stereocenters. The largest absolute Gasteiger partial charge is 0.496 e. The van der Waals surface area contributed by atoms with E-state index in [1.54, 1.807) is 19.1 Å². The van der Waals surface area contributed by atoms with Gasteiger partial charge in [-0.1, -0.05) is 11.6 Å². The number of rotatable bonds is 8. The van der Waals surface area contributed by atoms with Gasteiger partial charge in [0, 0.05) is 0 Å². The van der Waals surface area contributed by atoms with Crippen LogP contribution in [0.5, 0.6) is 17.2 Å². The van der Waals surface area contributed by atoms with Gasteiger partial charge in [0.25, 0.3) is 11.6 Å². The number of amides is 1. The maximum atomic E-state index is 12.5. The molecule has 0 bridgehead atoms. The van der Waals surface area contributed by atoms with Crippen LogP contribution in [0.2, 0.25) is 5.02 Å². The van der Waals surface area contributed by atoms with Crippen molar-refractivity contribution in [2.24, 2.45) is 0 Å². The number of nitrogens with one attached hydrogen (secondary N) is 1. The average Bonchev–Trinajstić information content (AvgIpc) is 2.73. The molecule has 0 saturated heterocycles. The van der Waals surface area contributed by atoms with Crippen molar-refractivity contribution in [2.75, 3.05) is 26.1 Å². The first-order chi connectivity index (χ1) is 14.3. The molecule has 156 valence electrons. The van der Waals surface area contributed by atoms with Gasteiger partial charge >= 0.3 is 0 Å². The van der Waals surface area contributed by atoms with Crippen LogP contribution >= 0.6 is 11.6 Å². The Morgan fingerprint density at radius 3 is 2.60 bits per heavy atom. The van der Waals surface area contributed by atoms with Crippen molar-refractivity contribution in [2.45, 2.75) is 6.92 Å². The van der Waals surface area contributed by atoms with E-state index in [2.05, 4.69) is 5.32 Å². The van der Waals surface area contributed by atoms with Gasteiger partial charge in [0.05, 0.1) is 36.8 Å². The first-order valence-electron chi connectivity index (χ1n) is 8.60. The van der Waals surface area contributed by atoms with Gasteiger partial charge in [0.15, 0.2) is 11.5 Å². The Balaban J connectivity index is 2.38. The summed E-state index contributed by atoms with van der Waals surface area (Å²) in [5.74, 6) is 0.108. The molecule has 0 fully saturated rings. The number of hydrogen-bond donors (Lipinski definition) is 1. The second-order valence-corrected chi connectivity index (χ2v) is 6.14. The van der Waals surface area contributed by atoms with Crippen molar-refractivity contribution in [3.05, 3.63) is 56.6 Å². The molecule has 0 saturated carbocycles. The molecule has 0 atom stereocenters. The lowest BCUT2D eigenvalue weighted by atomic mass is 10.1. The maximum Gasteiger partial charge on any atom is 0.296 e. The van der Waals surface area contributed by atoms with Crippen LogP contribution < -0.4 is 19.5 Å². The lowest BCUT2D eigenvalue weighted by Gasteiger charge is -2.12. The number of anilines is 1. The minimum atomic E-state index is -0.824. The zero-order valence-electron chi connectivity index (χ0n) is 16.4. The van der Waals surface area contributed by atoms with Gasteiger partial charge in [-0.2, -0.15) is 5.26 Å². The van der Waals surface area contributed by atoms with Crippen LogP contribution in [-0.2, 0) is 4.79 Å². The van der Waals surface area contributed by atoms with Crippen molar-refractivity contribution in [1.82, 2.24) is 0 Å². The van der Waals surface area contributed by atoms with Crippen LogP contribution in [-0.4, -0.2) is 31.7 Å². The Labute approximate surface area is 177 Å². The molecular formula is C20H18ClN3O6. The number of nitro benzene ring substituents is 1. The molecule has 2 rings (SSSR count). The van der Waals surface area contributed by atoms with Crippen LogP contribution in [0.1, 0.15) is 12.5 Å². The van der Waals surface area contributed by atoms with E-state index in [0.717, 1.165) is 0 Å². The number of carbonyl (C=O) groups excluding carboxylic acids is 1. The van der Waals surface area contributed by atoms with E-state index >= 15 is 0 Å². The molecule has 0 aliphatic rings. The monoisotopic (exact) mass is 431 g/mol. The number of methoxy groups -OCH3 is 2. The summed E-state index contributed by atoms with van der Waals surface area (Å²) in [7, 11) is 2.80. The number of hydrogen-bond acceptors (Lipinski definition) is 7. The summed E-state index contributed by atoms with van der Waals surface area (Å²) in [5.41, 5.74) is -0.321. The molecule has 9 nitrogen and oxygen atoms in total. The van der Waals surface area contributed by atoms with Crippen molar-refractivity contribution < 1.29 is 23.9 Å². The number of nitro groups is 1. The van der Waals surface area contributed by atoms with E-state index in [1.165, 1.54) is 44.6 Å². The van der Waals surface area contributed by atoms with Gasteiger partial charge in [0.1, 0.15) is 23.1 Å². The molecule has 0 radical (unpaired) electrons. The van der Waals surface area contributed by atoms with E-state index in [1.807, 2.05) is 0 Å². The predicted molar refractivity (Wildman–Crippen MR) is 111 cm³/mol. The Bertz CT molecular complexity index is 1050. The van der Waals surface area contributed by atoms with Crippen LogP contribution in [0, 0.1) is 21.4 Å². The molecule has 0 spiro atoms. The molecule has 0 heterocycles. The number of nitrogens with zero attached hydrogens (tertiary/aromatic N) is 2. The summed E-state index contributed by atoms with van der Waals surface area (Å²) in [5, 5.41) is 23.3. The summed E-state index contributed by atoms with van der Waals surface area (Å²) >= 11 is 6.21. The lowest BCUT2D eigenvalue weighted by Crippen LogP contribution is -2.14. The Morgan fingerprint density at radius 1 is 1.30 bits per heavy atom. The molecule has 2 aromatic rings. The van der Waals surface area contributed by atoms with Crippen molar-refractivity contribution in [3.63, 3.8) is 0 Å². The molecule has 10 heteroatoms. The van der Waals surface area contributed by atoms with Crippen LogP contribution in [0.15, 0.2) is 35.9 Å². The highest BCUT2D eigenvalue weighted by Gasteiger charge is 2.19. The van der Waals surface area contributed by atoms with Gasteiger partial charge in [-0.05, 0) is 42.8 Å². The summed E-state index contributed by atoms with van der Waals surface area (Å²) in [6.07, 6.45) is 1.29. The number of ether oxygens (including phenoxy) is 3. The minimum absolute atomic E-state index is 0.0748. The number of carbonyl (C=O) groups is 1. The topological polar surface area (TPSA) is 124 Å². The van der Waals surface area contributed by atoms with Gasteiger partial charge in [-0.3, -0.25) is 14.9 Å². The van der Waals surface area contributed by atoms with E-state index in [0.29, 0.717) is 23.7 Å². The summed E-state index contributed by atoms with van der Waals surface area (Å²) in [6.45, 7) is 2.16. The Kier molecular flexibility index (Phi) is 7.61. The number of halogens is 1. The highest BCUT2D eigenvalue weighted by molar-refractivity contribution is 6.32. The fraction of sp³-hybridized carbons (Fsp3) is 0.200. The SMILES string of the molecule is CCOc1c(Cl)cc(/C=C(\C#N)C(=O)Nc2ccc(OC)cc2[N+](=O)[O-])cc1OC. The Hall–Kier alpha value is -3.77. The van der Waals surface area contributed by atoms with E-state index in [-0.39, 0.29) is 27.7 Å². The first kappa shape index (κ1) is 22.5. The van der Waals surface area contributed by atoms with Crippen LogP contribution in [0.4, 0.5) is 11.4 Å². The standard InChI is InChI=1S/C20H18ClN3O6/c1-4-30-19-15(21)8-12(9-18(19)29-3)7-13(11-22)20(25)23-16-6-5-14(28-2)10-17(16)24(26)27/h5-10H,4H2,1-3H3,(H,23,25)/b13-7+. The van der Waals surface area contributed by atoms with E-state index in [9.17, 15) is 20.2 Å². The number of nitriles is 1. The van der Waals surface area contributed by atoms with Gasteiger partial charge < -0.3 is 19.5 Å². The normalized spacial score (nSPS) is 10.7. The predicted octanol–water partition coefficient (Wildman–Crippen LogP) is 4.21. The van der Waals surface area contributed by atoms with Crippen LogP contribution in [0.3, 0.4) is 0 Å². The van der Waals surface area contributed by atoms with Crippen molar-refractivity contribution >= 4 is 35.0 Å². The molecule has 0 aliphatic carbocycles. The van der Waals surface area contributed by atoms with Gasteiger partial charge in [0.2, 0.25) is 0 Å². The fourth-order valence-electron chi connectivity index (χ4n) is 2.51. The Morgan fingerprint density at radius 2 is 2.03 bits per heavy atom. The van der Waals surface area contributed by atoms with Gasteiger partial charge in [-0.25, -0.2) is 0 Å². The first-order valence-corrected chi connectivity index (χ1v) is 8.98. The van der Waals surface area contributed by atoms with Crippen LogP contribution in [0.25, 0.3) is 6.08 Å². The summed E-state index contributed by atoms with van der Waals surface area (Å²) in [4.78, 5) is 23.2. The molecule has 1 amide bonds. The highest BCUT2D eigenvalue weighted by atomic mass is 35.5. The molecule has 1 N–H and O–H groups in total. The van der Waals surface area contributed by atoms with E-state index < -0.39 is 10.8 Å². The quantitative estimate of drug-likeness (QED) is 0.287. The van der Waals surface area contributed by atoms with E-state index in [4.69, 9.17) is 25.8 Å². The molecule has 30 heavy (non-hydrogen) atoms. The molecule has 2 aromatic carbocycles. The molecule has 0 aromatic heterocycles. The van der Waals surface area contributed by atoms with Crippen molar-refractivity contribution in [3.8, 4) is 23.3 Å². The highest BCUT2D eigenvalue weighted by Crippen LogP contribution is 2.37. The fourth-order valence-corrected chi connectivity index (χ4v) is 2.78. The number of benzene rings is 2. The summed E-state index contributed by atoms with van der Waals surface area (Å²) in [6, 6.07) is 8.78.